The summed E-state index contributed by atoms with van der Waals surface area (Å²) in [5, 5.41) is 2.65. The summed E-state index contributed by atoms with van der Waals surface area (Å²) in [5.74, 6) is -0.997. The molecule has 0 aliphatic carbocycles. The number of amides is 4. The van der Waals surface area contributed by atoms with Crippen molar-refractivity contribution in [3.8, 4) is 5.75 Å². The smallest absolute Gasteiger partial charge is 0.335 e. The molecule has 0 atom stereocenters. The van der Waals surface area contributed by atoms with Gasteiger partial charge in [0.15, 0.2) is 0 Å². The molecule has 1 N–H and O–H groups in total. The minimum Gasteiger partial charge on any atom is -0.490 e. The number of barbiturate groups is 1. The number of rotatable bonds is 5. The number of imide groups is 2. The average molecular weight is 413 g/mol. The van der Waals surface area contributed by atoms with Crippen molar-refractivity contribution in [2.75, 3.05) is 4.90 Å². The molecule has 4 amide bonds. The minimum atomic E-state index is -0.786. The maximum atomic E-state index is 13.0. The molecule has 6 nitrogen and oxygen atoms in total. The Balaban J connectivity index is 2.02. The Morgan fingerprint density at radius 1 is 1.10 bits per heavy atom. The third kappa shape index (κ3) is 4.49. The number of anilines is 1. The quantitative estimate of drug-likeness (QED) is 0.585. The highest BCUT2D eigenvalue weighted by Gasteiger charge is 2.37. The van der Waals surface area contributed by atoms with Crippen LogP contribution in [0.3, 0.4) is 0 Å². The molecule has 1 aliphatic rings. The summed E-state index contributed by atoms with van der Waals surface area (Å²) in [6.45, 7) is 5.74. The van der Waals surface area contributed by atoms with Crippen LogP contribution in [0.4, 0.5) is 10.5 Å². The first-order valence-corrected chi connectivity index (χ1v) is 9.64. The number of carbonyl (C=O) groups is 3. The zero-order valence-electron chi connectivity index (χ0n) is 16.4. The fraction of sp³-hybridized carbons (Fsp3) is 0.227. The SMILES string of the molecule is CCc1ccc(N2C(=O)NC(=O)/C(=C\c3cc(Cl)ccc3OC(C)C)C2=O)cc1. The lowest BCUT2D eigenvalue weighted by molar-refractivity contribution is -0.122. The van der Waals surface area contributed by atoms with E-state index in [0.29, 0.717) is 22.0 Å². The highest BCUT2D eigenvalue weighted by atomic mass is 35.5. The first-order chi connectivity index (χ1) is 13.8. The van der Waals surface area contributed by atoms with Crippen LogP contribution in [-0.2, 0) is 16.0 Å². The van der Waals surface area contributed by atoms with Gasteiger partial charge in [-0.15, -0.1) is 0 Å². The molecule has 0 saturated carbocycles. The average Bonchev–Trinajstić information content (AvgIpc) is 2.67. The van der Waals surface area contributed by atoms with Crippen LogP contribution in [0.15, 0.2) is 48.0 Å². The van der Waals surface area contributed by atoms with Crippen molar-refractivity contribution in [2.45, 2.75) is 33.3 Å². The van der Waals surface area contributed by atoms with E-state index < -0.39 is 17.8 Å². The van der Waals surface area contributed by atoms with E-state index >= 15 is 0 Å². The van der Waals surface area contributed by atoms with Gasteiger partial charge < -0.3 is 4.74 Å². The predicted molar refractivity (Wildman–Crippen MR) is 112 cm³/mol. The molecule has 29 heavy (non-hydrogen) atoms. The summed E-state index contributed by atoms with van der Waals surface area (Å²) >= 11 is 6.09. The van der Waals surface area contributed by atoms with E-state index in [1.807, 2.05) is 32.9 Å². The molecule has 1 aliphatic heterocycles. The van der Waals surface area contributed by atoms with Gasteiger partial charge in [0.2, 0.25) is 0 Å². The van der Waals surface area contributed by atoms with Gasteiger partial charge in [-0.05, 0) is 62.2 Å². The van der Waals surface area contributed by atoms with Gasteiger partial charge in [0.25, 0.3) is 11.8 Å². The van der Waals surface area contributed by atoms with E-state index in [2.05, 4.69) is 5.32 Å². The summed E-state index contributed by atoms with van der Waals surface area (Å²) in [6, 6.07) is 11.2. The van der Waals surface area contributed by atoms with Crippen LogP contribution in [0, 0.1) is 0 Å². The standard InChI is InChI=1S/C22H21ClN2O4/c1-4-14-5-8-17(9-6-14)25-21(27)18(20(26)24-22(25)28)12-15-11-16(23)7-10-19(15)29-13(2)3/h5-13H,4H2,1-3H3,(H,24,26,28)/b18-12+. The Kier molecular flexibility index (Phi) is 6.03. The lowest BCUT2D eigenvalue weighted by Gasteiger charge is -2.26. The lowest BCUT2D eigenvalue weighted by Crippen LogP contribution is -2.54. The van der Waals surface area contributed by atoms with Gasteiger partial charge >= 0.3 is 6.03 Å². The fourth-order valence-electron chi connectivity index (χ4n) is 2.92. The Morgan fingerprint density at radius 2 is 1.79 bits per heavy atom. The van der Waals surface area contributed by atoms with E-state index in [4.69, 9.17) is 16.3 Å². The molecule has 7 heteroatoms. The zero-order valence-corrected chi connectivity index (χ0v) is 17.1. The monoisotopic (exact) mass is 412 g/mol. The molecular formula is C22H21ClN2O4. The summed E-state index contributed by atoms with van der Waals surface area (Å²) in [7, 11) is 0. The molecule has 0 bridgehead atoms. The number of benzene rings is 2. The van der Waals surface area contributed by atoms with E-state index in [-0.39, 0.29) is 11.7 Å². The largest absolute Gasteiger partial charge is 0.490 e. The van der Waals surface area contributed by atoms with Gasteiger partial charge in [-0.2, -0.15) is 0 Å². The van der Waals surface area contributed by atoms with Crippen molar-refractivity contribution in [1.29, 1.82) is 0 Å². The van der Waals surface area contributed by atoms with Crippen molar-refractivity contribution in [3.63, 3.8) is 0 Å². The molecule has 0 aromatic heterocycles. The molecule has 0 radical (unpaired) electrons. The number of hydrogen-bond acceptors (Lipinski definition) is 4. The van der Waals surface area contributed by atoms with E-state index in [1.54, 1.807) is 30.3 Å². The second-order valence-corrected chi connectivity index (χ2v) is 7.26. The molecule has 1 saturated heterocycles. The molecule has 3 rings (SSSR count). The molecule has 1 fully saturated rings. The topological polar surface area (TPSA) is 75.7 Å². The van der Waals surface area contributed by atoms with Crippen LogP contribution in [0.25, 0.3) is 6.08 Å². The van der Waals surface area contributed by atoms with Crippen LogP contribution in [0.2, 0.25) is 5.02 Å². The Bertz CT molecular complexity index is 996. The van der Waals surface area contributed by atoms with Crippen LogP contribution in [-0.4, -0.2) is 23.9 Å². The van der Waals surface area contributed by atoms with Crippen LogP contribution in [0.5, 0.6) is 5.75 Å². The molecule has 2 aromatic rings. The molecule has 150 valence electrons. The van der Waals surface area contributed by atoms with Crippen molar-refractivity contribution < 1.29 is 19.1 Å². The lowest BCUT2D eigenvalue weighted by atomic mass is 10.1. The van der Waals surface area contributed by atoms with E-state index in [1.165, 1.54) is 6.08 Å². The van der Waals surface area contributed by atoms with Gasteiger partial charge in [0.05, 0.1) is 11.8 Å². The number of aryl methyl sites for hydroxylation is 1. The first-order valence-electron chi connectivity index (χ1n) is 9.26. The highest BCUT2D eigenvalue weighted by Crippen LogP contribution is 2.28. The molecule has 0 spiro atoms. The summed E-state index contributed by atoms with van der Waals surface area (Å²) in [4.78, 5) is 38.7. The van der Waals surface area contributed by atoms with E-state index in [0.717, 1.165) is 16.9 Å². The van der Waals surface area contributed by atoms with Crippen LogP contribution >= 0.6 is 11.6 Å². The molecule has 1 heterocycles. The molecular weight excluding hydrogens is 392 g/mol. The van der Waals surface area contributed by atoms with Crippen molar-refractivity contribution in [3.05, 3.63) is 64.2 Å². The van der Waals surface area contributed by atoms with Gasteiger partial charge in [-0.3, -0.25) is 14.9 Å². The third-order valence-electron chi connectivity index (χ3n) is 4.34. The summed E-state index contributed by atoms with van der Waals surface area (Å²) < 4.78 is 5.74. The maximum absolute atomic E-state index is 13.0. The van der Waals surface area contributed by atoms with Crippen molar-refractivity contribution >= 4 is 41.2 Å². The predicted octanol–water partition coefficient (Wildman–Crippen LogP) is 4.36. The maximum Gasteiger partial charge on any atom is 0.335 e. The van der Waals surface area contributed by atoms with Crippen LogP contribution < -0.4 is 15.0 Å². The van der Waals surface area contributed by atoms with Gasteiger partial charge in [-0.25, -0.2) is 9.69 Å². The number of halogens is 1. The Labute approximate surface area is 174 Å². The molecule has 2 aromatic carbocycles. The van der Waals surface area contributed by atoms with Gasteiger partial charge in [-0.1, -0.05) is 30.7 Å². The third-order valence-corrected chi connectivity index (χ3v) is 4.57. The highest BCUT2D eigenvalue weighted by molar-refractivity contribution is 6.39. The number of ether oxygens (including phenoxy) is 1. The molecule has 0 unspecified atom stereocenters. The number of nitrogens with one attached hydrogen (secondary N) is 1. The van der Waals surface area contributed by atoms with Crippen molar-refractivity contribution in [1.82, 2.24) is 5.32 Å². The Morgan fingerprint density at radius 3 is 2.41 bits per heavy atom. The van der Waals surface area contributed by atoms with Crippen molar-refractivity contribution in [2.24, 2.45) is 0 Å². The second kappa shape index (κ2) is 8.49. The first kappa shape index (κ1) is 20.6. The number of carbonyl (C=O) groups excluding carboxylic acids is 3. The summed E-state index contributed by atoms with van der Waals surface area (Å²) in [5.41, 5.74) is 1.74. The minimum absolute atomic E-state index is 0.112. The number of nitrogens with zero attached hydrogens (tertiary/aromatic N) is 1. The van der Waals surface area contributed by atoms with Crippen LogP contribution in [0.1, 0.15) is 31.9 Å². The van der Waals surface area contributed by atoms with Gasteiger partial charge in [0.1, 0.15) is 11.3 Å². The number of hydrogen-bond donors (Lipinski definition) is 1. The normalized spacial score (nSPS) is 15.8. The Hall–Kier alpha value is -3.12. The van der Waals surface area contributed by atoms with Gasteiger partial charge in [0, 0.05) is 10.6 Å². The summed E-state index contributed by atoms with van der Waals surface area (Å²) in [6.07, 6.45) is 2.11. The fourth-order valence-corrected chi connectivity index (χ4v) is 3.10. The van der Waals surface area contributed by atoms with E-state index in [9.17, 15) is 14.4 Å². The number of urea groups is 1. The second-order valence-electron chi connectivity index (χ2n) is 6.83. The zero-order chi connectivity index (χ0) is 21.1.